The molecule has 0 aliphatic heterocycles. The zero-order valence-corrected chi connectivity index (χ0v) is 14.4. The number of allylic oxidation sites excluding steroid dienone is 1. The van der Waals surface area contributed by atoms with Gasteiger partial charge >= 0.3 is 6.18 Å². The van der Waals surface area contributed by atoms with Crippen LogP contribution in [0.3, 0.4) is 0 Å². The number of benzene rings is 1. The monoisotopic (exact) mass is 361 g/mol. The lowest BCUT2D eigenvalue weighted by molar-refractivity contribution is -0.137. The largest absolute Gasteiger partial charge is 0.444 e. The van der Waals surface area contributed by atoms with Crippen molar-refractivity contribution in [1.82, 2.24) is 4.98 Å². The first kappa shape index (κ1) is 18.1. The average Bonchev–Trinajstić information content (AvgIpc) is 3.10. The Kier molecular flexibility index (Phi) is 4.53. The molecule has 1 unspecified atom stereocenters. The predicted octanol–water partition coefficient (Wildman–Crippen LogP) is 5.25. The third-order valence-electron chi connectivity index (χ3n) is 4.76. The summed E-state index contributed by atoms with van der Waals surface area (Å²) in [6.45, 7) is 4.12. The number of alkyl halides is 3. The number of hydrogen-bond acceptors (Lipinski definition) is 4. The lowest BCUT2D eigenvalue weighted by atomic mass is 9.74. The third kappa shape index (κ3) is 3.59. The van der Waals surface area contributed by atoms with Gasteiger partial charge < -0.3 is 9.73 Å². The molecule has 26 heavy (non-hydrogen) atoms. The van der Waals surface area contributed by atoms with Crippen LogP contribution in [0.2, 0.25) is 0 Å². The van der Waals surface area contributed by atoms with E-state index in [0.29, 0.717) is 11.4 Å². The normalized spacial score (nSPS) is 19.5. The van der Waals surface area contributed by atoms with Crippen molar-refractivity contribution in [2.45, 2.75) is 38.9 Å². The highest BCUT2D eigenvalue weighted by Crippen LogP contribution is 2.40. The third-order valence-corrected chi connectivity index (χ3v) is 4.76. The zero-order valence-electron chi connectivity index (χ0n) is 14.4. The molecule has 1 aromatic carbocycles. The van der Waals surface area contributed by atoms with E-state index in [1.54, 1.807) is 12.3 Å². The molecule has 0 bridgehead atoms. The molecule has 0 amide bonds. The fourth-order valence-electron chi connectivity index (χ4n) is 3.08. The minimum absolute atomic E-state index is 0.157. The van der Waals surface area contributed by atoms with Crippen molar-refractivity contribution in [2.24, 2.45) is 5.41 Å². The molecule has 7 heteroatoms. The van der Waals surface area contributed by atoms with Crippen LogP contribution in [0.1, 0.15) is 43.6 Å². The van der Waals surface area contributed by atoms with Crippen molar-refractivity contribution in [3.63, 3.8) is 0 Å². The lowest BCUT2D eigenvalue weighted by Gasteiger charge is -2.38. The Morgan fingerprint density at radius 3 is 2.73 bits per heavy atom. The minimum Gasteiger partial charge on any atom is -0.444 e. The Morgan fingerprint density at radius 1 is 1.35 bits per heavy atom. The summed E-state index contributed by atoms with van der Waals surface area (Å²) < 4.78 is 44.9. The minimum atomic E-state index is -4.58. The molecule has 3 rings (SSSR count). The van der Waals surface area contributed by atoms with Crippen molar-refractivity contribution in [1.29, 1.82) is 5.26 Å². The summed E-state index contributed by atoms with van der Waals surface area (Å²) in [6.07, 6.45) is 2.04. The maximum Gasteiger partial charge on any atom is 0.417 e. The number of halogens is 3. The van der Waals surface area contributed by atoms with Gasteiger partial charge in [0.25, 0.3) is 0 Å². The molecule has 1 aliphatic carbocycles. The van der Waals surface area contributed by atoms with Gasteiger partial charge in [0.05, 0.1) is 29.4 Å². The van der Waals surface area contributed by atoms with E-state index in [1.165, 1.54) is 18.5 Å². The lowest BCUT2D eigenvalue weighted by Crippen LogP contribution is -2.37. The molecule has 1 aliphatic rings. The van der Waals surface area contributed by atoms with Crippen LogP contribution in [-0.4, -0.2) is 11.0 Å². The molecular formula is C19H18F3N3O. The first-order valence-corrected chi connectivity index (χ1v) is 8.18. The number of aromatic nitrogens is 1. The van der Waals surface area contributed by atoms with E-state index in [2.05, 4.69) is 24.1 Å². The Bertz CT molecular complexity index is 861. The molecule has 0 saturated carbocycles. The van der Waals surface area contributed by atoms with Gasteiger partial charge in [-0.3, -0.25) is 0 Å². The van der Waals surface area contributed by atoms with Gasteiger partial charge in [-0.05, 0) is 42.0 Å². The van der Waals surface area contributed by atoms with Gasteiger partial charge in [-0.15, -0.1) is 0 Å². The quantitative estimate of drug-likeness (QED) is 0.811. The van der Waals surface area contributed by atoms with Crippen LogP contribution in [0.15, 0.2) is 41.3 Å². The van der Waals surface area contributed by atoms with Gasteiger partial charge in [-0.1, -0.05) is 19.9 Å². The van der Waals surface area contributed by atoms with Crippen molar-refractivity contribution in [3.8, 4) is 6.07 Å². The summed E-state index contributed by atoms with van der Waals surface area (Å²) in [5.74, 6) is 0.670. The molecule has 1 atom stereocenters. The topological polar surface area (TPSA) is 61.9 Å². The molecule has 1 aromatic heterocycles. The standard InChI is InChI=1S/C19H18F3N3O/c1-18(2)6-5-12(16-10-24-11-26-16)7-17(18)25-14-4-3-13(9-23)15(8-14)19(20,21)22/h3-4,7-8,10-11,17,25H,5-6H2,1-2H3. The van der Waals surface area contributed by atoms with Crippen LogP contribution in [0.5, 0.6) is 0 Å². The Balaban J connectivity index is 1.93. The van der Waals surface area contributed by atoms with E-state index < -0.39 is 11.7 Å². The summed E-state index contributed by atoms with van der Waals surface area (Å²) in [7, 11) is 0. The van der Waals surface area contributed by atoms with E-state index >= 15 is 0 Å². The fraction of sp³-hybridized carbons (Fsp3) is 0.368. The first-order valence-electron chi connectivity index (χ1n) is 8.18. The summed E-state index contributed by atoms with van der Waals surface area (Å²) in [5.41, 5.74) is -0.175. The van der Waals surface area contributed by atoms with E-state index in [1.807, 2.05) is 6.08 Å². The van der Waals surface area contributed by atoms with Crippen molar-refractivity contribution < 1.29 is 17.6 Å². The molecule has 4 nitrogen and oxygen atoms in total. The summed E-state index contributed by atoms with van der Waals surface area (Å²) in [4.78, 5) is 3.92. The van der Waals surface area contributed by atoms with Crippen molar-refractivity contribution in [3.05, 3.63) is 53.8 Å². The smallest absolute Gasteiger partial charge is 0.417 e. The van der Waals surface area contributed by atoms with Crippen LogP contribution in [0.25, 0.3) is 5.57 Å². The second kappa shape index (κ2) is 6.52. The fourth-order valence-corrected chi connectivity index (χ4v) is 3.08. The van der Waals surface area contributed by atoms with E-state index in [4.69, 9.17) is 9.68 Å². The van der Waals surface area contributed by atoms with Gasteiger partial charge in [-0.2, -0.15) is 18.4 Å². The number of nitrogens with one attached hydrogen (secondary N) is 1. The van der Waals surface area contributed by atoms with Gasteiger partial charge in [0.1, 0.15) is 5.76 Å². The Labute approximate surface area is 149 Å². The van der Waals surface area contributed by atoms with Crippen LogP contribution in [-0.2, 0) is 6.18 Å². The second-order valence-corrected chi connectivity index (χ2v) is 7.04. The first-order chi connectivity index (χ1) is 12.2. The van der Waals surface area contributed by atoms with E-state index in [-0.39, 0.29) is 17.0 Å². The van der Waals surface area contributed by atoms with Gasteiger partial charge in [-0.25, -0.2) is 4.98 Å². The molecule has 0 saturated heterocycles. The maximum absolute atomic E-state index is 13.2. The molecule has 0 fully saturated rings. The molecular weight excluding hydrogens is 343 g/mol. The predicted molar refractivity (Wildman–Crippen MR) is 91.1 cm³/mol. The van der Waals surface area contributed by atoms with E-state index in [9.17, 15) is 13.2 Å². The molecule has 2 aromatic rings. The van der Waals surface area contributed by atoms with Gasteiger partial charge in [0.15, 0.2) is 6.39 Å². The number of oxazole rings is 1. The number of nitrogens with zero attached hydrogens (tertiary/aromatic N) is 2. The number of nitriles is 1. The van der Waals surface area contributed by atoms with Crippen LogP contribution in [0, 0.1) is 16.7 Å². The van der Waals surface area contributed by atoms with Gasteiger partial charge in [0.2, 0.25) is 0 Å². The number of rotatable bonds is 3. The SMILES string of the molecule is CC1(C)CCC(c2cnco2)=CC1Nc1ccc(C#N)c(C(F)(F)F)c1. The molecule has 0 spiro atoms. The maximum atomic E-state index is 13.2. The highest BCUT2D eigenvalue weighted by atomic mass is 19.4. The second-order valence-electron chi connectivity index (χ2n) is 7.04. The molecule has 136 valence electrons. The number of anilines is 1. The van der Waals surface area contributed by atoms with Crippen LogP contribution >= 0.6 is 0 Å². The van der Waals surface area contributed by atoms with Gasteiger partial charge in [0, 0.05) is 5.69 Å². The highest BCUT2D eigenvalue weighted by Gasteiger charge is 2.36. The van der Waals surface area contributed by atoms with Crippen molar-refractivity contribution in [2.75, 3.05) is 5.32 Å². The average molecular weight is 361 g/mol. The van der Waals surface area contributed by atoms with Crippen LogP contribution < -0.4 is 5.32 Å². The zero-order chi connectivity index (χ0) is 18.9. The number of hydrogen-bond donors (Lipinski definition) is 1. The summed E-state index contributed by atoms with van der Waals surface area (Å²) in [6, 6.07) is 5.09. The molecule has 1 heterocycles. The Morgan fingerprint density at radius 2 is 2.12 bits per heavy atom. The summed E-state index contributed by atoms with van der Waals surface area (Å²) >= 11 is 0. The highest BCUT2D eigenvalue weighted by molar-refractivity contribution is 5.64. The van der Waals surface area contributed by atoms with E-state index in [0.717, 1.165) is 24.5 Å². The van der Waals surface area contributed by atoms with Crippen molar-refractivity contribution >= 4 is 11.3 Å². The molecule has 1 N–H and O–H groups in total. The summed E-state index contributed by atoms with van der Waals surface area (Å²) in [5, 5.41) is 12.1. The molecule has 0 radical (unpaired) electrons. The van der Waals surface area contributed by atoms with Crippen LogP contribution in [0.4, 0.5) is 18.9 Å². The Hall–Kier alpha value is -2.75.